The summed E-state index contributed by atoms with van der Waals surface area (Å²) >= 11 is 1.59. The number of amides is 1. The van der Waals surface area contributed by atoms with Crippen LogP contribution in [0.3, 0.4) is 0 Å². The molecule has 0 bridgehead atoms. The molecule has 0 fully saturated rings. The van der Waals surface area contributed by atoms with E-state index in [0.29, 0.717) is 12.1 Å². The molecule has 0 aliphatic rings. The lowest BCUT2D eigenvalue weighted by molar-refractivity contribution is 0.0951. The molecule has 2 heterocycles. The van der Waals surface area contributed by atoms with Crippen LogP contribution in [0.5, 0.6) is 0 Å². The lowest BCUT2D eigenvalue weighted by atomic mass is 10.1. The first-order valence-electron chi connectivity index (χ1n) is 7.50. The van der Waals surface area contributed by atoms with Crippen LogP contribution in [0.4, 0.5) is 0 Å². The first kappa shape index (κ1) is 14.6. The molecule has 2 aromatic carbocycles. The number of hydrogen-bond acceptors (Lipinski definition) is 4. The number of carbonyl (C=O) groups is 1. The molecule has 1 amide bonds. The molecule has 4 aromatic rings. The molecule has 2 N–H and O–H groups in total. The lowest BCUT2D eigenvalue weighted by Gasteiger charge is -2.09. The largest absolute Gasteiger partial charge is 0.348 e. The van der Waals surface area contributed by atoms with Gasteiger partial charge in [0.15, 0.2) is 0 Å². The maximum absolute atomic E-state index is 12.4. The van der Waals surface area contributed by atoms with E-state index < -0.39 is 0 Å². The Morgan fingerprint density at radius 3 is 2.96 bits per heavy atom. The number of aromatic nitrogens is 3. The van der Waals surface area contributed by atoms with Crippen molar-refractivity contribution in [3.05, 3.63) is 71.5 Å². The molecule has 0 aliphatic carbocycles. The van der Waals surface area contributed by atoms with E-state index in [1.54, 1.807) is 29.9 Å². The van der Waals surface area contributed by atoms with E-state index in [-0.39, 0.29) is 5.91 Å². The topological polar surface area (TPSA) is 70.7 Å². The number of aromatic amines is 1. The van der Waals surface area contributed by atoms with Crippen LogP contribution in [0.25, 0.3) is 21.6 Å². The highest BCUT2D eigenvalue weighted by atomic mass is 32.1. The fraction of sp³-hybridized carbons (Fsp3) is 0.0556. The van der Waals surface area contributed by atoms with Crippen molar-refractivity contribution in [1.82, 2.24) is 20.3 Å². The summed E-state index contributed by atoms with van der Waals surface area (Å²) in [5.41, 5.74) is 4.41. The average Bonchev–Trinajstić information content (AvgIpc) is 3.30. The summed E-state index contributed by atoms with van der Waals surface area (Å²) < 4.78 is 0. The Kier molecular flexibility index (Phi) is 3.80. The van der Waals surface area contributed by atoms with E-state index in [4.69, 9.17) is 0 Å². The third kappa shape index (κ3) is 2.79. The number of nitrogens with one attached hydrogen (secondary N) is 2. The van der Waals surface area contributed by atoms with Gasteiger partial charge in [-0.05, 0) is 23.8 Å². The molecule has 4 rings (SSSR count). The van der Waals surface area contributed by atoms with Gasteiger partial charge in [0.05, 0.1) is 17.4 Å². The summed E-state index contributed by atoms with van der Waals surface area (Å²) in [6, 6.07) is 13.4. The predicted octanol–water partition coefficient (Wildman–Crippen LogP) is 3.62. The molecule has 5 nitrogen and oxygen atoms in total. The molecular weight excluding hydrogens is 320 g/mol. The van der Waals surface area contributed by atoms with Crippen LogP contribution in [0.2, 0.25) is 0 Å². The minimum atomic E-state index is -0.111. The van der Waals surface area contributed by atoms with Crippen molar-refractivity contribution in [2.45, 2.75) is 6.54 Å². The highest BCUT2D eigenvalue weighted by molar-refractivity contribution is 7.13. The van der Waals surface area contributed by atoms with Gasteiger partial charge in [-0.3, -0.25) is 4.79 Å². The summed E-state index contributed by atoms with van der Waals surface area (Å²) in [5.74, 6) is -0.111. The van der Waals surface area contributed by atoms with Crippen molar-refractivity contribution >= 4 is 28.3 Å². The Balaban J connectivity index is 1.53. The zero-order valence-electron chi connectivity index (χ0n) is 12.7. The number of imidazole rings is 1. The molecule has 0 saturated carbocycles. The van der Waals surface area contributed by atoms with Gasteiger partial charge in [0.25, 0.3) is 5.91 Å². The zero-order chi connectivity index (χ0) is 16.4. The number of fused-ring (bicyclic) bond motifs is 1. The van der Waals surface area contributed by atoms with E-state index in [9.17, 15) is 4.79 Å². The number of rotatable bonds is 4. The van der Waals surface area contributed by atoms with Gasteiger partial charge in [-0.25, -0.2) is 9.97 Å². The summed E-state index contributed by atoms with van der Waals surface area (Å²) in [5, 5.41) is 5.88. The first-order valence-corrected chi connectivity index (χ1v) is 8.38. The monoisotopic (exact) mass is 334 g/mol. The number of hydrogen-bond donors (Lipinski definition) is 2. The second kappa shape index (κ2) is 6.25. The molecule has 2 aromatic heterocycles. The van der Waals surface area contributed by atoms with Crippen LogP contribution in [-0.4, -0.2) is 20.9 Å². The maximum Gasteiger partial charge on any atom is 0.251 e. The Hall–Kier alpha value is -2.99. The molecular formula is C18H14N4OS. The van der Waals surface area contributed by atoms with Crippen LogP contribution in [0.15, 0.2) is 60.4 Å². The zero-order valence-corrected chi connectivity index (χ0v) is 13.5. The van der Waals surface area contributed by atoms with Crippen LogP contribution >= 0.6 is 11.3 Å². The number of thiazole rings is 1. The molecule has 24 heavy (non-hydrogen) atoms. The van der Waals surface area contributed by atoms with Crippen LogP contribution in [-0.2, 0) is 6.54 Å². The predicted molar refractivity (Wildman–Crippen MR) is 94.8 cm³/mol. The molecule has 0 unspecified atom stereocenters. The molecule has 0 atom stereocenters. The lowest BCUT2D eigenvalue weighted by Crippen LogP contribution is -2.23. The third-order valence-electron chi connectivity index (χ3n) is 3.80. The molecule has 0 radical (unpaired) electrons. The van der Waals surface area contributed by atoms with Crippen LogP contribution < -0.4 is 5.32 Å². The fourth-order valence-corrected chi connectivity index (χ4v) is 3.29. The van der Waals surface area contributed by atoms with Gasteiger partial charge in [-0.2, -0.15) is 0 Å². The molecule has 0 aliphatic heterocycles. The standard InChI is InChI=1S/C18H14N4OS/c23-17(12-5-6-15-16(9-12)22-11-21-15)20-10-13-3-1-2-4-14(13)18-19-7-8-24-18/h1-9,11H,10H2,(H,20,23)(H,21,22). The Morgan fingerprint density at radius 2 is 2.08 bits per heavy atom. The fourth-order valence-electron chi connectivity index (χ4n) is 2.59. The van der Waals surface area contributed by atoms with Gasteiger partial charge >= 0.3 is 0 Å². The number of nitrogens with zero attached hydrogens (tertiary/aromatic N) is 2. The SMILES string of the molecule is O=C(NCc1ccccc1-c1nccs1)c1ccc2nc[nH]c2c1. The Labute approximate surface area is 142 Å². The van der Waals surface area contributed by atoms with Crippen molar-refractivity contribution in [2.24, 2.45) is 0 Å². The maximum atomic E-state index is 12.4. The summed E-state index contributed by atoms with van der Waals surface area (Å²) in [4.78, 5) is 24.0. The van der Waals surface area contributed by atoms with Crippen molar-refractivity contribution in [1.29, 1.82) is 0 Å². The second-order valence-electron chi connectivity index (χ2n) is 5.31. The molecule has 118 valence electrons. The van der Waals surface area contributed by atoms with E-state index in [0.717, 1.165) is 27.2 Å². The minimum Gasteiger partial charge on any atom is -0.348 e. The normalized spacial score (nSPS) is 10.8. The second-order valence-corrected chi connectivity index (χ2v) is 6.21. The van der Waals surface area contributed by atoms with Gasteiger partial charge < -0.3 is 10.3 Å². The number of benzene rings is 2. The molecule has 0 saturated heterocycles. The van der Waals surface area contributed by atoms with E-state index in [1.165, 1.54) is 0 Å². The van der Waals surface area contributed by atoms with Gasteiger partial charge in [0.2, 0.25) is 0 Å². The summed E-state index contributed by atoms with van der Waals surface area (Å²) in [6.07, 6.45) is 3.41. The van der Waals surface area contributed by atoms with Crippen molar-refractivity contribution in [3.63, 3.8) is 0 Å². The quantitative estimate of drug-likeness (QED) is 0.599. The average molecular weight is 334 g/mol. The Morgan fingerprint density at radius 1 is 1.17 bits per heavy atom. The first-order chi connectivity index (χ1) is 11.8. The van der Waals surface area contributed by atoms with E-state index >= 15 is 0 Å². The van der Waals surface area contributed by atoms with E-state index in [2.05, 4.69) is 20.3 Å². The van der Waals surface area contributed by atoms with Crippen molar-refractivity contribution in [3.8, 4) is 10.6 Å². The number of H-pyrrole nitrogens is 1. The highest BCUT2D eigenvalue weighted by Crippen LogP contribution is 2.25. The molecule has 6 heteroatoms. The van der Waals surface area contributed by atoms with Gasteiger partial charge in [0.1, 0.15) is 5.01 Å². The van der Waals surface area contributed by atoms with Gasteiger partial charge in [-0.15, -0.1) is 11.3 Å². The Bertz CT molecular complexity index is 991. The number of carbonyl (C=O) groups excluding carboxylic acids is 1. The van der Waals surface area contributed by atoms with E-state index in [1.807, 2.05) is 41.8 Å². The van der Waals surface area contributed by atoms with Crippen molar-refractivity contribution < 1.29 is 4.79 Å². The van der Waals surface area contributed by atoms with Crippen LogP contribution in [0, 0.1) is 0 Å². The minimum absolute atomic E-state index is 0.111. The van der Waals surface area contributed by atoms with Crippen molar-refractivity contribution in [2.75, 3.05) is 0 Å². The summed E-state index contributed by atoms with van der Waals surface area (Å²) in [6.45, 7) is 0.454. The highest BCUT2D eigenvalue weighted by Gasteiger charge is 2.10. The smallest absolute Gasteiger partial charge is 0.251 e. The third-order valence-corrected chi connectivity index (χ3v) is 4.61. The van der Waals surface area contributed by atoms with Gasteiger partial charge in [-0.1, -0.05) is 24.3 Å². The summed E-state index contributed by atoms with van der Waals surface area (Å²) in [7, 11) is 0. The molecule has 0 spiro atoms. The van der Waals surface area contributed by atoms with Crippen LogP contribution in [0.1, 0.15) is 15.9 Å². The van der Waals surface area contributed by atoms with Gasteiger partial charge in [0, 0.05) is 29.2 Å².